The molecule has 18 heavy (non-hydrogen) atoms. The van der Waals surface area contributed by atoms with Crippen molar-refractivity contribution >= 4 is 12.1 Å². The van der Waals surface area contributed by atoms with E-state index in [-0.39, 0.29) is 17.9 Å². The van der Waals surface area contributed by atoms with Gasteiger partial charge in [-0.2, -0.15) is 0 Å². The lowest BCUT2D eigenvalue weighted by Gasteiger charge is -2.22. The minimum absolute atomic E-state index is 0.0500. The molecule has 2 aliphatic carbocycles. The molecule has 1 amide bonds. The summed E-state index contributed by atoms with van der Waals surface area (Å²) in [5.41, 5.74) is -0.493. The normalized spacial score (nSPS) is 33.6. The molecule has 0 saturated heterocycles. The third-order valence-corrected chi connectivity index (χ3v) is 3.64. The summed E-state index contributed by atoms with van der Waals surface area (Å²) in [6.45, 7) is 5.50. The maximum atomic E-state index is 11.7. The van der Waals surface area contributed by atoms with Gasteiger partial charge in [-0.05, 0) is 45.4 Å². The van der Waals surface area contributed by atoms with Gasteiger partial charge >= 0.3 is 12.1 Å². The molecule has 1 N–H and O–H groups in total. The summed E-state index contributed by atoms with van der Waals surface area (Å²) in [5.74, 6) is 0.593. The van der Waals surface area contributed by atoms with Crippen molar-refractivity contribution in [1.29, 1.82) is 0 Å². The number of esters is 1. The average Bonchev–Trinajstić information content (AvgIpc) is 2.94. The van der Waals surface area contributed by atoms with E-state index in [0.717, 1.165) is 6.42 Å². The number of fused-ring (bicyclic) bond motifs is 1. The van der Waals surface area contributed by atoms with Crippen LogP contribution in [0.1, 0.15) is 33.6 Å². The van der Waals surface area contributed by atoms with Crippen LogP contribution in [0.5, 0.6) is 0 Å². The topological polar surface area (TPSA) is 64.6 Å². The second-order valence-corrected chi connectivity index (χ2v) is 6.18. The molecule has 5 heteroatoms. The summed E-state index contributed by atoms with van der Waals surface area (Å²) in [5, 5.41) is 2.87. The van der Waals surface area contributed by atoms with Gasteiger partial charge in [0.2, 0.25) is 0 Å². The van der Waals surface area contributed by atoms with Crippen LogP contribution >= 0.6 is 0 Å². The van der Waals surface area contributed by atoms with E-state index < -0.39 is 11.7 Å². The first-order valence-electron chi connectivity index (χ1n) is 6.39. The van der Waals surface area contributed by atoms with Crippen molar-refractivity contribution in [2.24, 2.45) is 17.8 Å². The molecule has 0 spiro atoms. The standard InChI is InChI=1S/C13H21NO4/c1-13(2,3)18-12(16)14-10-6-9(11(15)17-4)7-5-8(7)10/h7-10H,5-6H2,1-4H3,(H,14,16)/t7-,8+,9+,10-/m1/s1. The van der Waals surface area contributed by atoms with E-state index in [4.69, 9.17) is 9.47 Å². The number of alkyl carbamates (subject to hydrolysis) is 1. The minimum atomic E-state index is -0.493. The summed E-state index contributed by atoms with van der Waals surface area (Å²) < 4.78 is 10.0. The molecule has 5 nitrogen and oxygen atoms in total. The molecule has 2 rings (SSSR count). The Morgan fingerprint density at radius 1 is 1.17 bits per heavy atom. The van der Waals surface area contributed by atoms with Crippen LogP contribution in [0, 0.1) is 17.8 Å². The van der Waals surface area contributed by atoms with E-state index >= 15 is 0 Å². The van der Waals surface area contributed by atoms with Crippen LogP contribution in [0.2, 0.25) is 0 Å². The van der Waals surface area contributed by atoms with Crippen LogP contribution < -0.4 is 5.32 Å². The van der Waals surface area contributed by atoms with Gasteiger partial charge < -0.3 is 14.8 Å². The van der Waals surface area contributed by atoms with Gasteiger partial charge in [-0.25, -0.2) is 4.79 Å². The molecule has 4 atom stereocenters. The smallest absolute Gasteiger partial charge is 0.407 e. The average molecular weight is 255 g/mol. The van der Waals surface area contributed by atoms with Gasteiger partial charge in [-0.15, -0.1) is 0 Å². The van der Waals surface area contributed by atoms with Crippen molar-refractivity contribution in [3.05, 3.63) is 0 Å². The van der Waals surface area contributed by atoms with Crippen molar-refractivity contribution in [3.8, 4) is 0 Å². The predicted molar refractivity (Wildman–Crippen MR) is 64.9 cm³/mol. The van der Waals surface area contributed by atoms with Crippen LogP contribution in [0.4, 0.5) is 4.79 Å². The zero-order chi connectivity index (χ0) is 13.5. The number of ether oxygens (including phenoxy) is 2. The molecule has 0 aromatic heterocycles. The summed E-state index contributed by atoms with van der Waals surface area (Å²) in [4.78, 5) is 23.2. The monoisotopic (exact) mass is 255 g/mol. The van der Waals surface area contributed by atoms with Crippen LogP contribution in [-0.2, 0) is 14.3 Å². The number of carbonyl (C=O) groups is 2. The Hall–Kier alpha value is -1.26. The largest absolute Gasteiger partial charge is 0.469 e. The Labute approximate surface area is 107 Å². The van der Waals surface area contributed by atoms with E-state index in [9.17, 15) is 9.59 Å². The summed E-state index contributed by atoms with van der Waals surface area (Å²) >= 11 is 0. The zero-order valence-corrected chi connectivity index (χ0v) is 11.4. The Bertz CT molecular complexity index is 360. The lowest BCUT2D eigenvalue weighted by atomic mass is 10.0. The van der Waals surface area contributed by atoms with E-state index in [1.807, 2.05) is 20.8 Å². The van der Waals surface area contributed by atoms with Gasteiger partial charge in [0.15, 0.2) is 0 Å². The number of nitrogens with one attached hydrogen (secondary N) is 1. The fourth-order valence-electron chi connectivity index (χ4n) is 2.83. The molecule has 2 aliphatic rings. The quantitative estimate of drug-likeness (QED) is 0.763. The number of carbonyl (C=O) groups excluding carboxylic acids is 2. The van der Waals surface area contributed by atoms with Crippen molar-refractivity contribution in [1.82, 2.24) is 5.32 Å². The highest BCUT2D eigenvalue weighted by Gasteiger charge is 2.57. The van der Waals surface area contributed by atoms with Crippen molar-refractivity contribution in [2.75, 3.05) is 7.11 Å². The SMILES string of the molecule is COC(=O)[C@H]1C[C@@H](NC(=O)OC(C)(C)C)[C@H]2C[C@H]21. The third-order valence-electron chi connectivity index (χ3n) is 3.64. The molecule has 0 heterocycles. The van der Waals surface area contributed by atoms with Crippen LogP contribution in [0.3, 0.4) is 0 Å². The second kappa shape index (κ2) is 4.44. The molecule has 0 radical (unpaired) electrons. The van der Waals surface area contributed by atoms with Crippen molar-refractivity contribution in [2.45, 2.75) is 45.3 Å². The second-order valence-electron chi connectivity index (χ2n) is 6.18. The molecule has 0 aromatic carbocycles. The van der Waals surface area contributed by atoms with Gasteiger partial charge in [-0.3, -0.25) is 4.79 Å². The van der Waals surface area contributed by atoms with E-state index in [0.29, 0.717) is 18.3 Å². The lowest BCUT2D eigenvalue weighted by Crippen LogP contribution is -2.39. The van der Waals surface area contributed by atoms with E-state index in [1.165, 1.54) is 7.11 Å². The first kappa shape index (κ1) is 13.2. The van der Waals surface area contributed by atoms with Gasteiger partial charge in [0, 0.05) is 6.04 Å². The number of hydrogen-bond acceptors (Lipinski definition) is 4. The van der Waals surface area contributed by atoms with Gasteiger partial charge in [0.25, 0.3) is 0 Å². The molecule has 102 valence electrons. The maximum Gasteiger partial charge on any atom is 0.407 e. The maximum absolute atomic E-state index is 11.7. The van der Waals surface area contributed by atoms with Crippen molar-refractivity contribution < 1.29 is 19.1 Å². The van der Waals surface area contributed by atoms with Crippen molar-refractivity contribution in [3.63, 3.8) is 0 Å². The predicted octanol–water partition coefficient (Wildman–Crippen LogP) is 1.71. The molecule has 0 aliphatic heterocycles. The van der Waals surface area contributed by atoms with E-state index in [2.05, 4.69) is 5.32 Å². The first-order chi connectivity index (χ1) is 8.31. The molecule has 2 saturated carbocycles. The third kappa shape index (κ3) is 2.76. The molecular weight excluding hydrogens is 234 g/mol. The van der Waals surface area contributed by atoms with E-state index in [1.54, 1.807) is 0 Å². The number of rotatable bonds is 2. The fourth-order valence-corrected chi connectivity index (χ4v) is 2.83. The Morgan fingerprint density at radius 2 is 1.83 bits per heavy atom. The zero-order valence-electron chi connectivity index (χ0n) is 11.4. The van der Waals surface area contributed by atoms with Crippen LogP contribution in [0.25, 0.3) is 0 Å². The Morgan fingerprint density at radius 3 is 2.39 bits per heavy atom. The van der Waals surface area contributed by atoms with Gasteiger partial charge in [0.1, 0.15) is 5.60 Å². The fraction of sp³-hybridized carbons (Fsp3) is 0.846. The van der Waals surface area contributed by atoms with Crippen LogP contribution in [-0.4, -0.2) is 30.8 Å². The first-order valence-corrected chi connectivity index (χ1v) is 6.39. The summed E-state index contributed by atoms with van der Waals surface area (Å²) in [6, 6.07) is 0.0500. The number of methoxy groups -OCH3 is 1. The molecular formula is C13H21NO4. The molecule has 0 bridgehead atoms. The Balaban J connectivity index is 1.86. The van der Waals surface area contributed by atoms with Gasteiger partial charge in [0.05, 0.1) is 13.0 Å². The number of hydrogen-bond donors (Lipinski definition) is 1. The lowest BCUT2D eigenvalue weighted by molar-refractivity contribution is -0.146. The minimum Gasteiger partial charge on any atom is -0.469 e. The highest BCUT2D eigenvalue weighted by molar-refractivity contribution is 5.75. The molecule has 2 fully saturated rings. The highest BCUT2D eigenvalue weighted by Crippen LogP contribution is 2.55. The summed E-state index contributed by atoms with van der Waals surface area (Å²) in [6.07, 6.45) is 1.27. The summed E-state index contributed by atoms with van der Waals surface area (Å²) in [7, 11) is 1.41. The molecule has 0 unspecified atom stereocenters. The highest BCUT2D eigenvalue weighted by atomic mass is 16.6. The van der Waals surface area contributed by atoms with Crippen LogP contribution in [0.15, 0.2) is 0 Å². The number of amides is 1. The molecule has 0 aromatic rings. The van der Waals surface area contributed by atoms with Gasteiger partial charge in [-0.1, -0.05) is 0 Å². The Kier molecular flexibility index (Phi) is 3.25.